The van der Waals surface area contributed by atoms with Crippen molar-refractivity contribution in [1.82, 2.24) is 9.38 Å². The zero-order valence-corrected chi connectivity index (χ0v) is 15.1. The highest BCUT2D eigenvalue weighted by Gasteiger charge is 2.15. The molecule has 130 valence electrons. The molecule has 0 fully saturated rings. The first kappa shape index (κ1) is 17.0. The van der Waals surface area contributed by atoms with E-state index in [4.69, 9.17) is 4.74 Å². The quantitative estimate of drug-likeness (QED) is 0.709. The SMILES string of the molecule is CCC(=O)Oc1nc2c(NCc3c(C)cccc3C)cccn2c1C. The molecule has 0 aliphatic rings. The van der Waals surface area contributed by atoms with E-state index in [0.29, 0.717) is 18.8 Å². The Morgan fingerprint density at radius 2 is 1.88 bits per heavy atom. The van der Waals surface area contributed by atoms with Gasteiger partial charge in [0.2, 0.25) is 5.88 Å². The predicted octanol–water partition coefficient (Wildman–Crippen LogP) is 4.19. The first-order chi connectivity index (χ1) is 12.0. The number of aryl methyl sites for hydroxylation is 3. The van der Waals surface area contributed by atoms with Gasteiger partial charge >= 0.3 is 5.97 Å². The molecule has 5 heteroatoms. The Labute approximate surface area is 147 Å². The highest BCUT2D eigenvalue weighted by atomic mass is 16.5. The van der Waals surface area contributed by atoms with Crippen molar-refractivity contribution in [2.75, 3.05) is 5.32 Å². The maximum Gasteiger partial charge on any atom is 0.312 e. The summed E-state index contributed by atoms with van der Waals surface area (Å²) in [4.78, 5) is 16.1. The van der Waals surface area contributed by atoms with Crippen LogP contribution >= 0.6 is 0 Å². The van der Waals surface area contributed by atoms with Gasteiger partial charge in [0.05, 0.1) is 11.4 Å². The predicted molar refractivity (Wildman–Crippen MR) is 99.1 cm³/mol. The van der Waals surface area contributed by atoms with E-state index in [0.717, 1.165) is 17.0 Å². The molecule has 0 saturated carbocycles. The molecule has 5 nitrogen and oxygen atoms in total. The number of ether oxygens (including phenoxy) is 1. The summed E-state index contributed by atoms with van der Waals surface area (Å²) in [6.07, 6.45) is 2.25. The Morgan fingerprint density at radius 1 is 1.16 bits per heavy atom. The third kappa shape index (κ3) is 3.36. The zero-order chi connectivity index (χ0) is 18.0. The van der Waals surface area contributed by atoms with Crippen LogP contribution in [0.5, 0.6) is 5.88 Å². The van der Waals surface area contributed by atoms with E-state index in [2.05, 4.69) is 42.3 Å². The molecular weight excluding hydrogens is 314 g/mol. The van der Waals surface area contributed by atoms with Crippen LogP contribution in [-0.2, 0) is 11.3 Å². The van der Waals surface area contributed by atoms with Gasteiger partial charge in [0.1, 0.15) is 0 Å². The minimum Gasteiger partial charge on any atom is -0.405 e. The van der Waals surface area contributed by atoms with Crippen LogP contribution in [0.15, 0.2) is 36.5 Å². The summed E-state index contributed by atoms with van der Waals surface area (Å²) in [7, 11) is 0. The first-order valence-corrected chi connectivity index (χ1v) is 8.48. The average Bonchev–Trinajstić information content (AvgIpc) is 2.91. The van der Waals surface area contributed by atoms with Crippen LogP contribution in [0, 0.1) is 20.8 Å². The molecule has 0 atom stereocenters. The molecule has 0 radical (unpaired) electrons. The molecule has 1 N–H and O–H groups in total. The number of nitrogens with one attached hydrogen (secondary N) is 1. The fourth-order valence-electron chi connectivity index (χ4n) is 2.89. The highest BCUT2D eigenvalue weighted by molar-refractivity contribution is 5.74. The maximum absolute atomic E-state index is 11.6. The Morgan fingerprint density at radius 3 is 2.56 bits per heavy atom. The Balaban J connectivity index is 1.92. The van der Waals surface area contributed by atoms with Gasteiger partial charge in [-0.3, -0.25) is 9.20 Å². The average molecular weight is 337 g/mol. The van der Waals surface area contributed by atoms with Gasteiger partial charge in [-0.05, 0) is 49.6 Å². The van der Waals surface area contributed by atoms with Crippen LogP contribution in [0.2, 0.25) is 0 Å². The van der Waals surface area contributed by atoms with E-state index in [9.17, 15) is 4.79 Å². The summed E-state index contributed by atoms with van der Waals surface area (Å²) in [6.45, 7) is 8.62. The van der Waals surface area contributed by atoms with Gasteiger partial charge in [-0.25, -0.2) is 0 Å². The van der Waals surface area contributed by atoms with Crippen LogP contribution in [0.4, 0.5) is 5.69 Å². The molecule has 25 heavy (non-hydrogen) atoms. The molecule has 0 bridgehead atoms. The van der Waals surface area contributed by atoms with Gasteiger partial charge < -0.3 is 10.1 Å². The number of anilines is 1. The van der Waals surface area contributed by atoms with Crippen LogP contribution in [0.3, 0.4) is 0 Å². The van der Waals surface area contributed by atoms with Gasteiger partial charge in [0, 0.05) is 19.2 Å². The summed E-state index contributed by atoms with van der Waals surface area (Å²) in [6, 6.07) is 10.3. The molecule has 2 aromatic heterocycles. The molecular formula is C20H23N3O2. The van der Waals surface area contributed by atoms with Gasteiger partial charge in [0.15, 0.2) is 5.65 Å². The minimum absolute atomic E-state index is 0.281. The lowest BCUT2D eigenvalue weighted by atomic mass is 10.0. The summed E-state index contributed by atoms with van der Waals surface area (Å²) >= 11 is 0. The summed E-state index contributed by atoms with van der Waals surface area (Å²) in [5.74, 6) is 0.0877. The summed E-state index contributed by atoms with van der Waals surface area (Å²) in [5, 5.41) is 3.47. The largest absolute Gasteiger partial charge is 0.405 e. The number of aromatic nitrogens is 2. The van der Waals surface area contributed by atoms with E-state index in [1.165, 1.54) is 16.7 Å². The number of pyridine rings is 1. The van der Waals surface area contributed by atoms with Crippen molar-refractivity contribution in [3.63, 3.8) is 0 Å². The van der Waals surface area contributed by atoms with Gasteiger partial charge in [0.25, 0.3) is 0 Å². The normalized spacial score (nSPS) is 10.9. The number of imidazole rings is 1. The van der Waals surface area contributed by atoms with Crippen molar-refractivity contribution in [3.8, 4) is 5.88 Å². The second-order valence-electron chi connectivity index (χ2n) is 6.17. The standard InChI is InChI=1S/C20H23N3O2/c1-5-18(24)25-20-15(4)23-11-7-10-17(19(23)22-20)21-12-16-13(2)8-6-9-14(16)3/h6-11,21H,5,12H2,1-4H3. The number of carbonyl (C=O) groups excluding carboxylic acids is 1. The van der Waals surface area contributed by atoms with E-state index >= 15 is 0 Å². The van der Waals surface area contributed by atoms with Gasteiger partial charge in [-0.1, -0.05) is 25.1 Å². The third-order valence-electron chi connectivity index (χ3n) is 4.44. The van der Waals surface area contributed by atoms with Crippen LogP contribution in [0.1, 0.15) is 35.7 Å². The van der Waals surface area contributed by atoms with Crippen LogP contribution in [-0.4, -0.2) is 15.4 Å². The Kier molecular flexibility index (Phi) is 4.74. The number of nitrogens with zero attached hydrogens (tertiary/aromatic N) is 2. The molecule has 0 unspecified atom stereocenters. The molecule has 2 heterocycles. The number of fused-ring (bicyclic) bond motifs is 1. The fraction of sp³-hybridized carbons (Fsp3) is 0.300. The van der Waals surface area contributed by atoms with Crippen LogP contribution in [0.25, 0.3) is 5.65 Å². The van der Waals surface area contributed by atoms with E-state index in [1.807, 2.05) is 29.7 Å². The van der Waals surface area contributed by atoms with Crippen molar-refractivity contribution in [3.05, 3.63) is 58.9 Å². The lowest BCUT2D eigenvalue weighted by Gasteiger charge is -2.12. The van der Waals surface area contributed by atoms with Crippen molar-refractivity contribution in [2.24, 2.45) is 0 Å². The monoisotopic (exact) mass is 337 g/mol. The topological polar surface area (TPSA) is 55.6 Å². The number of hydrogen-bond acceptors (Lipinski definition) is 4. The zero-order valence-electron chi connectivity index (χ0n) is 15.1. The lowest BCUT2D eigenvalue weighted by molar-refractivity contribution is -0.134. The molecule has 0 aliphatic heterocycles. The summed E-state index contributed by atoms with van der Waals surface area (Å²) < 4.78 is 7.27. The smallest absolute Gasteiger partial charge is 0.312 e. The fourth-order valence-corrected chi connectivity index (χ4v) is 2.89. The molecule has 0 aliphatic carbocycles. The van der Waals surface area contributed by atoms with E-state index in [1.54, 1.807) is 6.92 Å². The lowest BCUT2D eigenvalue weighted by Crippen LogP contribution is -2.06. The van der Waals surface area contributed by atoms with E-state index < -0.39 is 0 Å². The minimum atomic E-state index is -0.281. The number of hydrogen-bond donors (Lipinski definition) is 1. The number of rotatable bonds is 5. The molecule has 0 saturated heterocycles. The second kappa shape index (κ2) is 6.97. The highest BCUT2D eigenvalue weighted by Crippen LogP contribution is 2.25. The van der Waals surface area contributed by atoms with Crippen LogP contribution < -0.4 is 10.1 Å². The molecule has 3 aromatic rings. The van der Waals surface area contributed by atoms with Crippen molar-refractivity contribution in [2.45, 2.75) is 40.7 Å². The second-order valence-corrected chi connectivity index (χ2v) is 6.17. The number of esters is 1. The van der Waals surface area contributed by atoms with Gasteiger partial charge in [-0.2, -0.15) is 4.98 Å². The third-order valence-corrected chi connectivity index (χ3v) is 4.44. The molecule has 0 amide bonds. The Hall–Kier alpha value is -2.82. The van der Waals surface area contributed by atoms with Crippen molar-refractivity contribution in [1.29, 1.82) is 0 Å². The first-order valence-electron chi connectivity index (χ1n) is 8.48. The molecule has 3 rings (SSSR count). The molecule has 0 spiro atoms. The molecule has 1 aromatic carbocycles. The van der Waals surface area contributed by atoms with Crippen molar-refractivity contribution < 1.29 is 9.53 Å². The maximum atomic E-state index is 11.6. The Bertz CT molecular complexity index is 908. The van der Waals surface area contributed by atoms with Gasteiger partial charge in [-0.15, -0.1) is 0 Å². The van der Waals surface area contributed by atoms with E-state index in [-0.39, 0.29) is 5.97 Å². The summed E-state index contributed by atoms with van der Waals surface area (Å²) in [5.41, 5.74) is 6.28. The van der Waals surface area contributed by atoms with Crippen molar-refractivity contribution >= 4 is 17.3 Å². The number of benzene rings is 1. The number of carbonyl (C=O) groups is 1.